The number of carbonyl (C=O) groups excluding carboxylic acids is 1. The van der Waals surface area contributed by atoms with E-state index in [4.69, 9.17) is 4.74 Å². The summed E-state index contributed by atoms with van der Waals surface area (Å²) in [5, 5.41) is 6.47. The molecule has 1 saturated heterocycles. The van der Waals surface area contributed by atoms with Crippen LogP contribution in [0.3, 0.4) is 0 Å². The van der Waals surface area contributed by atoms with E-state index in [0.717, 1.165) is 25.4 Å². The second-order valence-corrected chi connectivity index (χ2v) is 6.27. The van der Waals surface area contributed by atoms with E-state index >= 15 is 0 Å². The maximum atomic E-state index is 11.8. The van der Waals surface area contributed by atoms with Gasteiger partial charge in [0, 0.05) is 12.6 Å². The van der Waals surface area contributed by atoms with Gasteiger partial charge in [0.1, 0.15) is 5.60 Å². The van der Waals surface area contributed by atoms with Gasteiger partial charge in [-0.3, -0.25) is 0 Å². The summed E-state index contributed by atoms with van der Waals surface area (Å²) in [6.07, 6.45) is 3.32. The van der Waals surface area contributed by atoms with Crippen molar-refractivity contribution >= 4 is 6.09 Å². The van der Waals surface area contributed by atoms with Gasteiger partial charge in [0.15, 0.2) is 0 Å². The molecule has 1 saturated carbocycles. The van der Waals surface area contributed by atoms with Crippen LogP contribution in [0, 0.1) is 11.8 Å². The van der Waals surface area contributed by atoms with Gasteiger partial charge in [0.25, 0.3) is 0 Å². The molecule has 0 spiro atoms. The minimum atomic E-state index is -0.411. The van der Waals surface area contributed by atoms with E-state index in [9.17, 15) is 4.79 Å². The van der Waals surface area contributed by atoms with Gasteiger partial charge in [-0.25, -0.2) is 4.79 Å². The fourth-order valence-electron chi connectivity index (χ4n) is 2.99. The van der Waals surface area contributed by atoms with Crippen molar-refractivity contribution in [3.63, 3.8) is 0 Å². The van der Waals surface area contributed by atoms with Crippen LogP contribution in [0.2, 0.25) is 0 Å². The summed E-state index contributed by atoms with van der Waals surface area (Å²) in [4.78, 5) is 11.8. The Balaban J connectivity index is 1.87. The maximum absolute atomic E-state index is 11.8. The molecule has 2 fully saturated rings. The molecule has 2 rings (SSSR count). The van der Waals surface area contributed by atoms with E-state index in [2.05, 4.69) is 10.6 Å². The molecule has 0 bridgehead atoms. The van der Waals surface area contributed by atoms with Crippen LogP contribution in [0.25, 0.3) is 0 Å². The highest BCUT2D eigenvalue weighted by molar-refractivity contribution is 5.68. The molecule has 1 heterocycles. The number of ether oxygens (including phenoxy) is 1. The maximum Gasteiger partial charge on any atom is 0.407 e. The molecule has 1 amide bonds. The molecule has 0 aromatic rings. The van der Waals surface area contributed by atoms with Gasteiger partial charge in [-0.05, 0) is 52.0 Å². The molecule has 3 atom stereocenters. The smallest absolute Gasteiger partial charge is 0.407 e. The molecule has 17 heavy (non-hydrogen) atoms. The van der Waals surface area contributed by atoms with Crippen molar-refractivity contribution in [2.24, 2.45) is 11.8 Å². The number of amides is 1. The molecule has 4 nitrogen and oxygen atoms in total. The number of hydrogen-bond acceptors (Lipinski definition) is 3. The number of rotatable bonds is 1. The number of nitrogens with one attached hydrogen (secondary N) is 2. The third kappa shape index (κ3) is 3.35. The van der Waals surface area contributed by atoms with Crippen molar-refractivity contribution in [1.29, 1.82) is 0 Å². The first-order chi connectivity index (χ1) is 7.96. The molecule has 98 valence electrons. The van der Waals surface area contributed by atoms with Crippen LogP contribution in [0.1, 0.15) is 40.0 Å². The number of hydrogen-bond donors (Lipinski definition) is 2. The molecule has 0 unspecified atom stereocenters. The Morgan fingerprint density at radius 3 is 2.76 bits per heavy atom. The molecular weight excluding hydrogens is 216 g/mol. The average Bonchev–Trinajstić information content (AvgIpc) is 2.63. The fraction of sp³-hybridized carbons (Fsp3) is 0.923. The standard InChI is InChI=1S/C13H24N2O2/c1-13(2,3)17-12(16)15-11-6-4-5-9-7-14-8-10(9)11/h9-11,14H,4-8H2,1-3H3,(H,15,16)/t9-,10-,11+/m0/s1. The Kier molecular flexibility index (Phi) is 3.61. The Hall–Kier alpha value is -0.770. The highest BCUT2D eigenvalue weighted by atomic mass is 16.6. The van der Waals surface area contributed by atoms with E-state index in [1.54, 1.807) is 0 Å². The first kappa shape index (κ1) is 12.7. The summed E-state index contributed by atoms with van der Waals surface area (Å²) in [6, 6.07) is 0.290. The molecule has 4 heteroatoms. The zero-order chi connectivity index (χ0) is 12.5. The zero-order valence-electron chi connectivity index (χ0n) is 11.1. The second-order valence-electron chi connectivity index (χ2n) is 6.27. The Morgan fingerprint density at radius 2 is 2.06 bits per heavy atom. The average molecular weight is 240 g/mol. The summed E-state index contributed by atoms with van der Waals surface area (Å²) in [7, 11) is 0. The fourth-order valence-corrected chi connectivity index (χ4v) is 2.99. The lowest BCUT2D eigenvalue weighted by Crippen LogP contribution is -2.47. The molecule has 1 aliphatic carbocycles. The van der Waals surface area contributed by atoms with Crippen LogP contribution in [-0.2, 0) is 4.74 Å². The van der Waals surface area contributed by atoms with Gasteiger partial charge in [0.05, 0.1) is 0 Å². The summed E-state index contributed by atoms with van der Waals surface area (Å²) in [6.45, 7) is 7.83. The highest BCUT2D eigenvalue weighted by Gasteiger charge is 2.37. The Labute approximate surface area is 103 Å². The van der Waals surface area contributed by atoms with Crippen molar-refractivity contribution in [2.75, 3.05) is 13.1 Å². The lowest BCUT2D eigenvalue weighted by Gasteiger charge is -2.34. The molecule has 1 aliphatic heterocycles. The Morgan fingerprint density at radius 1 is 1.29 bits per heavy atom. The van der Waals surface area contributed by atoms with Gasteiger partial charge in [-0.1, -0.05) is 6.42 Å². The van der Waals surface area contributed by atoms with E-state index in [-0.39, 0.29) is 6.09 Å². The zero-order valence-corrected chi connectivity index (χ0v) is 11.1. The van der Waals surface area contributed by atoms with Crippen LogP contribution < -0.4 is 10.6 Å². The van der Waals surface area contributed by atoms with Crippen LogP contribution in [0.15, 0.2) is 0 Å². The molecule has 2 N–H and O–H groups in total. The van der Waals surface area contributed by atoms with Gasteiger partial charge in [-0.2, -0.15) is 0 Å². The first-order valence-corrected chi connectivity index (χ1v) is 6.66. The summed E-state index contributed by atoms with van der Waals surface area (Å²) < 4.78 is 5.32. The van der Waals surface area contributed by atoms with Crippen LogP contribution >= 0.6 is 0 Å². The molecule has 0 aromatic heterocycles. The van der Waals surface area contributed by atoms with Gasteiger partial charge in [-0.15, -0.1) is 0 Å². The molecular formula is C13H24N2O2. The lowest BCUT2D eigenvalue weighted by atomic mass is 9.78. The normalized spacial score (nSPS) is 33.0. The van der Waals surface area contributed by atoms with E-state index < -0.39 is 5.60 Å². The molecule has 0 radical (unpaired) electrons. The van der Waals surface area contributed by atoms with Gasteiger partial charge in [0.2, 0.25) is 0 Å². The minimum absolute atomic E-state index is 0.268. The van der Waals surface area contributed by atoms with Crippen molar-refractivity contribution in [3.05, 3.63) is 0 Å². The van der Waals surface area contributed by atoms with Crippen molar-refractivity contribution in [1.82, 2.24) is 10.6 Å². The number of carbonyl (C=O) groups is 1. The minimum Gasteiger partial charge on any atom is -0.444 e. The lowest BCUT2D eigenvalue weighted by molar-refractivity contribution is 0.0461. The number of fused-ring (bicyclic) bond motifs is 1. The SMILES string of the molecule is CC(C)(C)OC(=O)N[C@@H]1CCC[C@H]2CNC[C@@H]21. The summed E-state index contributed by atoms with van der Waals surface area (Å²) >= 11 is 0. The topological polar surface area (TPSA) is 50.4 Å². The van der Waals surface area contributed by atoms with Gasteiger partial charge >= 0.3 is 6.09 Å². The van der Waals surface area contributed by atoms with Crippen molar-refractivity contribution in [3.8, 4) is 0 Å². The van der Waals surface area contributed by atoms with Crippen LogP contribution in [-0.4, -0.2) is 30.8 Å². The third-order valence-corrected chi connectivity index (χ3v) is 3.70. The monoisotopic (exact) mass is 240 g/mol. The molecule has 0 aromatic carbocycles. The second kappa shape index (κ2) is 4.84. The van der Waals surface area contributed by atoms with E-state index in [1.807, 2.05) is 20.8 Å². The van der Waals surface area contributed by atoms with Crippen molar-refractivity contribution < 1.29 is 9.53 Å². The first-order valence-electron chi connectivity index (χ1n) is 6.66. The predicted octanol–water partition coefficient (Wildman–Crippen LogP) is 1.90. The highest BCUT2D eigenvalue weighted by Crippen LogP contribution is 2.32. The molecule has 2 aliphatic rings. The van der Waals surface area contributed by atoms with E-state index in [1.165, 1.54) is 12.8 Å². The van der Waals surface area contributed by atoms with Crippen LogP contribution in [0.5, 0.6) is 0 Å². The van der Waals surface area contributed by atoms with Gasteiger partial charge < -0.3 is 15.4 Å². The van der Waals surface area contributed by atoms with Crippen molar-refractivity contribution in [2.45, 2.75) is 51.7 Å². The quantitative estimate of drug-likeness (QED) is 0.736. The number of alkyl carbamates (subject to hydrolysis) is 1. The summed E-state index contributed by atoms with van der Waals surface area (Å²) in [5.74, 6) is 1.33. The summed E-state index contributed by atoms with van der Waals surface area (Å²) in [5.41, 5.74) is -0.411. The third-order valence-electron chi connectivity index (χ3n) is 3.70. The largest absolute Gasteiger partial charge is 0.444 e. The van der Waals surface area contributed by atoms with E-state index in [0.29, 0.717) is 12.0 Å². The predicted molar refractivity (Wildman–Crippen MR) is 66.9 cm³/mol. The Bertz CT molecular complexity index is 286. The van der Waals surface area contributed by atoms with Crippen LogP contribution in [0.4, 0.5) is 4.79 Å².